The third-order valence-electron chi connectivity index (χ3n) is 2.04. The summed E-state index contributed by atoms with van der Waals surface area (Å²) in [6.45, 7) is -0.133. The van der Waals surface area contributed by atoms with Gasteiger partial charge in [-0.05, 0) is 24.3 Å². The van der Waals surface area contributed by atoms with Crippen LogP contribution in [0.3, 0.4) is 0 Å². The lowest BCUT2D eigenvalue weighted by Crippen LogP contribution is -2.13. The van der Waals surface area contributed by atoms with Crippen molar-refractivity contribution in [3.05, 3.63) is 24.3 Å². The van der Waals surface area contributed by atoms with Gasteiger partial charge in [0.15, 0.2) is 6.61 Å². The Bertz CT molecular complexity index is 405. The number of carbonyl (C=O) groups is 2. The molecule has 1 amide bonds. The van der Waals surface area contributed by atoms with E-state index in [2.05, 4.69) is 26.0 Å². The van der Waals surface area contributed by atoms with Crippen LogP contribution in [0.1, 0.15) is 6.42 Å². The first-order chi connectivity index (χ1) is 8.65. The van der Waals surface area contributed by atoms with Crippen LogP contribution in [0.25, 0.3) is 0 Å². The molecule has 6 heteroatoms. The number of nitrogens with one attached hydrogen (secondary N) is 1. The maximum absolute atomic E-state index is 11.3. The fraction of sp³-hybridized carbons (Fsp3) is 0.333. The zero-order valence-corrected chi connectivity index (χ0v) is 11.5. The second kappa shape index (κ2) is 7.71. The molecule has 0 fully saturated rings. The number of rotatable bonds is 6. The highest BCUT2D eigenvalue weighted by molar-refractivity contribution is 9.09. The molecule has 0 aliphatic rings. The van der Waals surface area contributed by atoms with Gasteiger partial charge in [0.1, 0.15) is 5.75 Å². The molecule has 0 saturated heterocycles. The summed E-state index contributed by atoms with van der Waals surface area (Å²) in [6, 6.07) is 6.76. The Kier molecular flexibility index (Phi) is 6.21. The van der Waals surface area contributed by atoms with Gasteiger partial charge in [0.25, 0.3) is 0 Å². The van der Waals surface area contributed by atoms with E-state index in [9.17, 15) is 9.59 Å². The van der Waals surface area contributed by atoms with E-state index in [4.69, 9.17) is 4.74 Å². The number of hydrogen-bond donors (Lipinski definition) is 1. The maximum Gasteiger partial charge on any atom is 0.343 e. The van der Waals surface area contributed by atoms with Crippen molar-refractivity contribution in [2.24, 2.45) is 0 Å². The number of amides is 1. The highest BCUT2D eigenvalue weighted by Gasteiger charge is 2.03. The van der Waals surface area contributed by atoms with E-state index in [1.165, 1.54) is 7.11 Å². The van der Waals surface area contributed by atoms with E-state index >= 15 is 0 Å². The van der Waals surface area contributed by atoms with Crippen molar-refractivity contribution in [3.8, 4) is 5.75 Å². The van der Waals surface area contributed by atoms with Crippen LogP contribution in [0, 0.1) is 0 Å². The van der Waals surface area contributed by atoms with Gasteiger partial charge in [-0.25, -0.2) is 4.79 Å². The molecule has 98 valence electrons. The molecule has 0 unspecified atom stereocenters. The molecule has 0 atom stereocenters. The van der Waals surface area contributed by atoms with Crippen LogP contribution in [0.4, 0.5) is 5.69 Å². The van der Waals surface area contributed by atoms with Crippen LogP contribution in [-0.4, -0.2) is 30.9 Å². The second-order valence-corrected chi connectivity index (χ2v) is 4.17. The molecule has 0 aliphatic carbocycles. The Morgan fingerprint density at radius 1 is 1.28 bits per heavy atom. The largest absolute Gasteiger partial charge is 0.482 e. The van der Waals surface area contributed by atoms with E-state index < -0.39 is 5.97 Å². The number of halogens is 1. The Morgan fingerprint density at radius 2 is 1.94 bits per heavy atom. The molecule has 0 aromatic heterocycles. The molecule has 0 heterocycles. The van der Waals surface area contributed by atoms with Gasteiger partial charge in [-0.2, -0.15) is 0 Å². The third kappa shape index (κ3) is 5.18. The quantitative estimate of drug-likeness (QED) is 0.644. The molecular formula is C12H14BrNO4. The van der Waals surface area contributed by atoms with E-state index in [1.807, 2.05) is 0 Å². The van der Waals surface area contributed by atoms with Crippen molar-refractivity contribution in [1.82, 2.24) is 0 Å². The summed E-state index contributed by atoms with van der Waals surface area (Å²) in [5.41, 5.74) is 0.686. The monoisotopic (exact) mass is 315 g/mol. The number of esters is 1. The van der Waals surface area contributed by atoms with Gasteiger partial charge < -0.3 is 14.8 Å². The van der Waals surface area contributed by atoms with Crippen molar-refractivity contribution in [2.75, 3.05) is 24.4 Å². The summed E-state index contributed by atoms with van der Waals surface area (Å²) < 4.78 is 9.62. The number of benzene rings is 1. The SMILES string of the molecule is COC(=O)COc1ccc(NC(=O)CCBr)cc1. The van der Waals surface area contributed by atoms with Crippen molar-refractivity contribution in [3.63, 3.8) is 0 Å². The standard InChI is InChI=1S/C12H14BrNO4/c1-17-12(16)8-18-10-4-2-9(3-5-10)14-11(15)6-7-13/h2-5H,6-8H2,1H3,(H,14,15). The van der Waals surface area contributed by atoms with Crippen LogP contribution in [-0.2, 0) is 14.3 Å². The summed E-state index contributed by atoms with van der Waals surface area (Å²) in [7, 11) is 1.30. The molecule has 1 aromatic rings. The first-order valence-corrected chi connectivity index (χ1v) is 6.43. The number of carbonyl (C=O) groups excluding carboxylic acids is 2. The first kappa shape index (κ1) is 14.5. The Balaban J connectivity index is 2.47. The van der Waals surface area contributed by atoms with E-state index in [1.54, 1.807) is 24.3 Å². The predicted octanol–water partition coefficient (Wildman–Crippen LogP) is 1.96. The number of alkyl halides is 1. The number of anilines is 1. The minimum Gasteiger partial charge on any atom is -0.482 e. The zero-order chi connectivity index (χ0) is 13.4. The van der Waals surface area contributed by atoms with E-state index in [0.29, 0.717) is 23.2 Å². The predicted molar refractivity (Wildman–Crippen MR) is 71.0 cm³/mol. The third-order valence-corrected chi connectivity index (χ3v) is 2.44. The van der Waals surface area contributed by atoms with E-state index in [-0.39, 0.29) is 12.5 Å². The van der Waals surface area contributed by atoms with Gasteiger partial charge in [-0.1, -0.05) is 15.9 Å². The van der Waals surface area contributed by atoms with Crippen LogP contribution >= 0.6 is 15.9 Å². The van der Waals surface area contributed by atoms with Gasteiger partial charge in [0.05, 0.1) is 7.11 Å². The first-order valence-electron chi connectivity index (χ1n) is 5.31. The molecule has 0 saturated carbocycles. The normalized spacial score (nSPS) is 9.67. The lowest BCUT2D eigenvalue weighted by molar-refractivity contribution is -0.142. The smallest absolute Gasteiger partial charge is 0.343 e. The molecule has 1 aromatic carbocycles. The minimum atomic E-state index is -0.440. The topological polar surface area (TPSA) is 64.6 Å². The molecule has 0 bridgehead atoms. The minimum absolute atomic E-state index is 0.0601. The molecular weight excluding hydrogens is 302 g/mol. The molecule has 1 rings (SSSR count). The summed E-state index contributed by atoms with van der Waals surface area (Å²) in [5.74, 6) is 0.0405. The maximum atomic E-state index is 11.3. The van der Waals surface area contributed by atoms with Gasteiger partial charge >= 0.3 is 5.97 Å². The van der Waals surface area contributed by atoms with Crippen molar-refractivity contribution < 1.29 is 19.1 Å². The lowest BCUT2D eigenvalue weighted by Gasteiger charge is -2.07. The molecule has 0 aliphatic heterocycles. The van der Waals surface area contributed by atoms with Crippen LogP contribution in [0.15, 0.2) is 24.3 Å². The highest BCUT2D eigenvalue weighted by atomic mass is 79.9. The highest BCUT2D eigenvalue weighted by Crippen LogP contribution is 2.15. The van der Waals surface area contributed by atoms with Crippen LogP contribution < -0.4 is 10.1 Å². The summed E-state index contributed by atoms with van der Waals surface area (Å²) >= 11 is 3.19. The van der Waals surface area contributed by atoms with Crippen molar-refractivity contribution in [1.29, 1.82) is 0 Å². The summed E-state index contributed by atoms with van der Waals surface area (Å²) in [5, 5.41) is 3.35. The van der Waals surface area contributed by atoms with Gasteiger partial charge in [0, 0.05) is 17.4 Å². The van der Waals surface area contributed by atoms with Crippen LogP contribution in [0.5, 0.6) is 5.75 Å². The molecule has 0 radical (unpaired) electrons. The van der Waals surface area contributed by atoms with Crippen molar-refractivity contribution in [2.45, 2.75) is 6.42 Å². The molecule has 0 spiro atoms. The Hall–Kier alpha value is -1.56. The Labute approximate surface area is 114 Å². The Morgan fingerprint density at radius 3 is 2.50 bits per heavy atom. The molecule has 1 N–H and O–H groups in total. The number of ether oxygens (including phenoxy) is 2. The fourth-order valence-electron chi connectivity index (χ4n) is 1.14. The molecule has 18 heavy (non-hydrogen) atoms. The number of hydrogen-bond acceptors (Lipinski definition) is 4. The average Bonchev–Trinajstić information content (AvgIpc) is 2.37. The average molecular weight is 316 g/mol. The summed E-state index contributed by atoms with van der Waals surface area (Å²) in [4.78, 5) is 22.2. The van der Waals surface area contributed by atoms with Gasteiger partial charge in [-0.3, -0.25) is 4.79 Å². The van der Waals surface area contributed by atoms with Gasteiger partial charge in [-0.15, -0.1) is 0 Å². The van der Waals surface area contributed by atoms with Crippen LogP contribution in [0.2, 0.25) is 0 Å². The number of methoxy groups -OCH3 is 1. The van der Waals surface area contributed by atoms with Crippen molar-refractivity contribution >= 4 is 33.5 Å². The summed E-state index contributed by atoms with van der Waals surface area (Å²) in [6.07, 6.45) is 0.417. The molecule has 5 nitrogen and oxygen atoms in total. The zero-order valence-electron chi connectivity index (χ0n) is 9.94. The van der Waals surface area contributed by atoms with Gasteiger partial charge in [0.2, 0.25) is 5.91 Å². The fourth-order valence-corrected chi connectivity index (χ4v) is 1.51. The van der Waals surface area contributed by atoms with E-state index in [0.717, 1.165) is 0 Å². The lowest BCUT2D eigenvalue weighted by atomic mass is 10.3. The second-order valence-electron chi connectivity index (χ2n) is 3.38.